The summed E-state index contributed by atoms with van der Waals surface area (Å²) in [4.78, 5) is 0. The average Bonchev–Trinajstić information content (AvgIpc) is 0.819. The van der Waals surface area contributed by atoms with Crippen LogP contribution < -0.4 is 0 Å². The maximum absolute atomic E-state index is 12.5. The second-order valence-electron chi connectivity index (χ2n) is 35.5. The third-order valence-corrected chi connectivity index (χ3v) is 17.2. The normalized spacial score (nSPS) is 11.1. The van der Waals surface area contributed by atoms with Crippen molar-refractivity contribution < 1.29 is 4.39 Å². The third-order valence-electron chi connectivity index (χ3n) is 16.8. The Morgan fingerprint density at radius 3 is 0.619 bits per heavy atom. The van der Waals surface area contributed by atoms with E-state index in [0.29, 0.717) is 21.7 Å². The molecule has 576 valence electrons. The minimum atomic E-state index is -0.169. The fourth-order valence-corrected chi connectivity index (χ4v) is 9.71. The molecule has 0 aliphatic heterocycles. The summed E-state index contributed by atoms with van der Waals surface area (Å²) >= 11 is 6.02. The highest BCUT2D eigenvalue weighted by Gasteiger charge is 2.18. The van der Waals surface area contributed by atoms with Gasteiger partial charge in [0.1, 0.15) is 5.82 Å². The van der Waals surface area contributed by atoms with Gasteiger partial charge in [0.2, 0.25) is 0 Å². The van der Waals surface area contributed by atoms with Crippen molar-refractivity contribution in [1.82, 2.24) is 0 Å². The van der Waals surface area contributed by atoms with Gasteiger partial charge < -0.3 is 0 Å². The van der Waals surface area contributed by atoms with Crippen molar-refractivity contribution in [2.45, 2.75) is 298 Å². The van der Waals surface area contributed by atoms with Gasteiger partial charge in [-0.05, 0) is 154 Å². The number of hydrogen-bond acceptors (Lipinski definition) is 0. The Morgan fingerprint density at radius 1 is 0.200 bits per heavy atom. The van der Waals surface area contributed by atoms with Crippen LogP contribution in [0, 0.1) is 26.6 Å². The van der Waals surface area contributed by atoms with Gasteiger partial charge in [0.15, 0.2) is 0 Å². The Balaban J connectivity index is 0. The van der Waals surface area contributed by atoms with Crippen LogP contribution in [-0.4, -0.2) is 0 Å². The summed E-state index contributed by atoms with van der Waals surface area (Å²) in [6.07, 6.45) is 0. The molecule has 105 heavy (non-hydrogen) atoms. The fraction of sp³-hybridized carbons (Fsp3) is 0.437. The molecule has 0 spiro atoms. The van der Waals surface area contributed by atoms with Gasteiger partial charge in [-0.15, -0.1) is 0 Å². The van der Waals surface area contributed by atoms with Crippen LogP contribution in [0.25, 0.3) is 10.8 Å². The predicted molar refractivity (Wildman–Crippen MR) is 477 cm³/mol. The number of halogens is 2. The monoisotopic (exact) mass is 1440 g/mol. The minimum Gasteiger partial charge on any atom is -0.207 e. The lowest BCUT2D eigenvalue weighted by atomic mass is 9.86. The minimum absolute atomic E-state index is 0.119. The van der Waals surface area contributed by atoms with Crippen molar-refractivity contribution in [3.8, 4) is 0 Å². The lowest BCUT2D eigenvalue weighted by Gasteiger charge is -2.19. The number of rotatable bonds is 0. The Labute approximate surface area is 653 Å². The van der Waals surface area contributed by atoms with Crippen LogP contribution in [0.15, 0.2) is 255 Å². The van der Waals surface area contributed by atoms with Gasteiger partial charge >= 0.3 is 0 Å². The molecule has 0 N–H and O–H groups in total. The first-order valence-corrected chi connectivity index (χ1v) is 39.2. The van der Waals surface area contributed by atoms with Gasteiger partial charge in [-0.25, -0.2) is 4.39 Å². The van der Waals surface area contributed by atoms with E-state index in [0.717, 1.165) is 10.6 Å². The van der Waals surface area contributed by atoms with Gasteiger partial charge in [-0.1, -0.05) is 488 Å². The number of hydrogen-bond donors (Lipinski definition) is 0. The molecule has 2 heteroatoms. The molecule has 0 fully saturated rings. The van der Waals surface area contributed by atoms with Crippen molar-refractivity contribution in [3.05, 3.63) is 332 Å². The zero-order valence-corrected chi connectivity index (χ0v) is 74.3. The van der Waals surface area contributed by atoms with Crippen molar-refractivity contribution in [1.29, 1.82) is 0 Å². The largest absolute Gasteiger partial charge is 0.207 e. The van der Waals surface area contributed by atoms with E-state index in [2.05, 4.69) is 431 Å². The Bertz CT molecular complexity index is 3460. The molecule has 0 unspecified atom stereocenters. The molecule has 10 aromatic rings. The van der Waals surface area contributed by atoms with Crippen molar-refractivity contribution in [3.63, 3.8) is 0 Å². The Hall–Kier alpha value is -7.32. The molecule has 0 amide bonds. The molecule has 0 bridgehead atoms. The molecular weight excluding hydrogens is 1290 g/mol. The Morgan fingerprint density at radius 2 is 0.390 bits per heavy atom. The van der Waals surface area contributed by atoms with Gasteiger partial charge in [-0.3, -0.25) is 0 Å². The standard InChI is InChI=1S/C14H16.C11H15Cl.2C11H16.C10H13F.4C10H14.3C2H6/c1-14(2,3)13-9-8-11-6-4-5-7-12(11)10-13;1-8-5-6-9(7-10(8)12)11(2,3)4;2*1-9-5-7-10(8-6-9)11(2,3)4;1-10(2,3)8-4-6-9(11)7-5-8;4*1-10(2,3)9-7-5-4-6-8-9;3*1-2/h4-10H,1-3H3;5-7H,1-4H3;2*5-8H,1-4H3;4-7H,1-3H3;4*4-8H,1-3H3;3*1-2H3. The number of fused-ring (bicyclic) bond motifs is 1. The quantitative estimate of drug-likeness (QED) is 0.142. The molecule has 0 saturated heterocycles. The summed E-state index contributed by atoms with van der Waals surface area (Å²) in [5, 5.41) is 3.52. The summed E-state index contributed by atoms with van der Waals surface area (Å²) < 4.78 is 12.5. The fourth-order valence-electron chi connectivity index (χ4n) is 9.52. The van der Waals surface area contributed by atoms with E-state index in [-0.39, 0.29) is 32.9 Å². The first-order chi connectivity index (χ1) is 48.4. The summed E-state index contributed by atoms with van der Waals surface area (Å²) in [6, 6.07) is 87.8. The van der Waals surface area contributed by atoms with Crippen molar-refractivity contribution >= 4 is 22.4 Å². The molecule has 0 aliphatic rings. The summed E-state index contributed by atoms with van der Waals surface area (Å²) in [5.74, 6) is -0.169. The molecule has 0 aromatic heterocycles. The first kappa shape index (κ1) is 99.7. The van der Waals surface area contributed by atoms with E-state index in [4.69, 9.17) is 11.6 Å². The van der Waals surface area contributed by atoms with E-state index < -0.39 is 0 Å². The van der Waals surface area contributed by atoms with Gasteiger partial charge in [-0.2, -0.15) is 0 Å². The second kappa shape index (κ2) is 47.4. The van der Waals surface area contributed by atoms with Gasteiger partial charge in [0, 0.05) is 5.02 Å². The van der Waals surface area contributed by atoms with E-state index >= 15 is 0 Å². The maximum Gasteiger partial charge on any atom is 0.123 e. The SMILES string of the molecule is CC.CC.CC.CC(C)(C)c1ccc(F)cc1.CC(C)(C)c1ccc2ccccc2c1.CC(C)(C)c1ccccc1.CC(C)(C)c1ccccc1.CC(C)(C)c1ccccc1.CC(C)(C)c1ccccc1.Cc1ccc(C(C)(C)C)cc1.Cc1ccc(C(C)(C)C)cc1.Cc1ccc(C(C)(C)C)cc1Cl. The molecule has 10 aromatic carbocycles. The summed E-state index contributed by atoms with van der Waals surface area (Å²) in [5.41, 5.74) is 18.4. The van der Waals surface area contributed by atoms with Crippen LogP contribution in [0.1, 0.15) is 295 Å². The summed E-state index contributed by atoms with van der Waals surface area (Å²) in [7, 11) is 0. The van der Waals surface area contributed by atoms with E-state index in [1.807, 2.05) is 60.6 Å². The second-order valence-corrected chi connectivity index (χ2v) is 35.9. The zero-order chi connectivity index (χ0) is 81.4. The molecule has 0 atom stereocenters. The molecule has 10 rings (SSSR count). The van der Waals surface area contributed by atoms with Crippen LogP contribution >= 0.6 is 11.6 Å². The number of aryl methyl sites for hydroxylation is 3. The molecule has 0 heterocycles. The highest BCUT2D eigenvalue weighted by Crippen LogP contribution is 2.30. The molecule has 0 saturated carbocycles. The van der Waals surface area contributed by atoms with Crippen LogP contribution in [0.5, 0.6) is 0 Å². The lowest BCUT2D eigenvalue weighted by Crippen LogP contribution is -2.10. The van der Waals surface area contributed by atoms with Gasteiger partial charge in [0.05, 0.1) is 0 Å². The van der Waals surface area contributed by atoms with Crippen molar-refractivity contribution in [2.75, 3.05) is 0 Å². The van der Waals surface area contributed by atoms with Crippen LogP contribution in [0.3, 0.4) is 0 Å². The maximum atomic E-state index is 12.5. The topological polar surface area (TPSA) is 0 Å². The average molecular weight is 1440 g/mol. The molecular formula is C103H150ClF. The molecule has 0 radical (unpaired) electrons. The van der Waals surface area contributed by atoms with Crippen molar-refractivity contribution in [2.24, 2.45) is 0 Å². The summed E-state index contributed by atoms with van der Waals surface area (Å²) in [6.45, 7) is 78.0. The molecule has 0 aliphatic carbocycles. The zero-order valence-electron chi connectivity index (χ0n) is 73.5. The third kappa shape index (κ3) is 43.2. The highest BCUT2D eigenvalue weighted by molar-refractivity contribution is 6.31. The van der Waals surface area contributed by atoms with Crippen LogP contribution in [0.2, 0.25) is 5.02 Å². The highest BCUT2D eigenvalue weighted by atomic mass is 35.5. The van der Waals surface area contributed by atoms with Gasteiger partial charge in [0.25, 0.3) is 0 Å². The van der Waals surface area contributed by atoms with Crippen LogP contribution in [-0.2, 0) is 48.7 Å². The smallest absolute Gasteiger partial charge is 0.123 e. The van der Waals surface area contributed by atoms with E-state index in [1.165, 1.54) is 84.1 Å². The number of benzene rings is 10. The van der Waals surface area contributed by atoms with E-state index in [1.54, 1.807) is 0 Å². The van der Waals surface area contributed by atoms with Crippen LogP contribution in [0.4, 0.5) is 4.39 Å². The first-order valence-electron chi connectivity index (χ1n) is 38.8. The predicted octanol–water partition coefficient (Wildman–Crippen LogP) is 32.8. The lowest BCUT2D eigenvalue weighted by molar-refractivity contribution is 0.582. The molecule has 0 nitrogen and oxygen atoms in total. The Kier molecular flexibility index (Phi) is 45.0. The van der Waals surface area contributed by atoms with E-state index in [9.17, 15) is 4.39 Å².